The Balaban J connectivity index is 2.15. The van der Waals surface area contributed by atoms with E-state index in [0.717, 1.165) is 13.1 Å². The molecule has 1 saturated carbocycles. The summed E-state index contributed by atoms with van der Waals surface area (Å²) in [5.74, 6) is 0.229. The largest absolute Gasteiger partial charge is 0.342 e. The highest BCUT2D eigenvalue weighted by molar-refractivity contribution is 5.78. The van der Waals surface area contributed by atoms with Crippen molar-refractivity contribution in [2.75, 3.05) is 19.6 Å². The number of hydrogen-bond acceptors (Lipinski definition) is 2. The first kappa shape index (κ1) is 9.52. The third-order valence-electron chi connectivity index (χ3n) is 2.24. The predicted molar refractivity (Wildman–Crippen MR) is 49.0 cm³/mol. The number of nitrogens with one attached hydrogen (secondary N) is 1. The fourth-order valence-electron chi connectivity index (χ4n) is 1.21. The van der Waals surface area contributed by atoms with Crippen molar-refractivity contribution < 1.29 is 4.79 Å². The lowest BCUT2D eigenvalue weighted by atomic mass is 10.4. The van der Waals surface area contributed by atoms with E-state index in [0.29, 0.717) is 12.6 Å². The van der Waals surface area contributed by atoms with Gasteiger partial charge in [-0.1, -0.05) is 0 Å². The molecule has 3 nitrogen and oxygen atoms in total. The number of carbonyl (C=O) groups excluding carboxylic acids is 1. The molecule has 0 atom stereocenters. The molecule has 0 aromatic rings. The van der Waals surface area contributed by atoms with E-state index in [2.05, 4.69) is 5.32 Å². The van der Waals surface area contributed by atoms with Gasteiger partial charge in [-0.3, -0.25) is 4.79 Å². The zero-order valence-corrected chi connectivity index (χ0v) is 7.97. The molecule has 0 aliphatic heterocycles. The average molecular weight is 170 g/mol. The first-order valence-electron chi connectivity index (χ1n) is 4.79. The summed E-state index contributed by atoms with van der Waals surface area (Å²) in [5, 5.41) is 3.21. The quantitative estimate of drug-likeness (QED) is 0.655. The molecule has 1 amide bonds. The highest BCUT2D eigenvalue weighted by Gasteiger charge is 2.21. The third kappa shape index (κ3) is 2.81. The average Bonchev–Trinajstić information content (AvgIpc) is 2.86. The lowest BCUT2D eigenvalue weighted by Crippen LogP contribution is -2.38. The predicted octanol–water partition coefficient (Wildman–Crippen LogP) is 0.607. The Bertz CT molecular complexity index is 151. The number of carbonyl (C=O) groups is 1. The molecule has 0 radical (unpaired) electrons. The minimum atomic E-state index is 0.229. The molecule has 1 fully saturated rings. The number of hydrogen-bond donors (Lipinski definition) is 1. The van der Waals surface area contributed by atoms with E-state index in [1.807, 2.05) is 18.7 Å². The molecule has 1 rings (SSSR count). The van der Waals surface area contributed by atoms with Crippen LogP contribution in [0.3, 0.4) is 0 Å². The van der Waals surface area contributed by atoms with Crippen molar-refractivity contribution in [2.24, 2.45) is 0 Å². The number of amides is 1. The molecule has 0 saturated heterocycles. The second-order valence-electron chi connectivity index (χ2n) is 3.22. The Morgan fingerprint density at radius 1 is 1.42 bits per heavy atom. The molecule has 1 aliphatic carbocycles. The van der Waals surface area contributed by atoms with Crippen LogP contribution < -0.4 is 5.32 Å². The van der Waals surface area contributed by atoms with Crippen LogP contribution in [-0.2, 0) is 4.79 Å². The molecule has 0 aromatic carbocycles. The lowest BCUT2D eigenvalue weighted by Gasteiger charge is -2.18. The second kappa shape index (κ2) is 4.45. The van der Waals surface area contributed by atoms with Gasteiger partial charge in [0.1, 0.15) is 0 Å². The van der Waals surface area contributed by atoms with Gasteiger partial charge in [0.15, 0.2) is 0 Å². The van der Waals surface area contributed by atoms with Crippen LogP contribution in [0.25, 0.3) is 0 Å². The van der Waals surface area contributed by atoms with Crippen molar-refractivity contribution >= 4 is 5.91 Å². The Morgan fingerprint density at radius 2 is 2.00 bits per heavy atom. The van der Waals surface area contributed by atoms with E-state index in [1.165, 1.54) is 12.8 Å². The first-order valence-corrected chi connectivity index (χ1v) is 4.79. The van der Waals surface area contributed by atoms with Crippen LogP contribution >= 0.6 is 0 Å². The van der Waals surface area contributed by atoms with Crippen LogP contribution in [0.5, 0.6) is 0 Å². The summed E-state index contributed by atoms with van der Waals surface area (Å²) in [4.78, 5) is 13.3. The maximum absolute atomic E-state index is 11.4. The fourth-order valence-corrected chi connectivity index (χ4v) is 1.21. The van der Waals surface area contributed by atoms with Gasteiger partial charge in [-0.15, -0.1) is 0 Å². The summed E-state index contributed by atoms with van der Waals surface area (Å²) in [7, 11) is 0. The van der Waals surface area contributed by atoms with Gasteiger partial charge >= 0.3 is 0 Å². The van der Waals surface area contributed by atoms with Crippen molar-refractivity contribution in [3.63, 3.8) is 0 Å². The Hall–Kier alpha value is -0.570. The Kier molecular flexibility index (Phi) is 3.53. The third-order valence-corrected chi connectivity index (χ3v) is 2.24. The number of likely N-dealkylation sites (N-methyl/N-ethyl adjacent to an activating group) is 1. The smallest absolute Gasteiger partial charge is 0.236 e. The van der Waals surface area contributed by atoms with Crippen LogP contribution in [0.1, 0.15) is 26.7 Å². The van der Waals surface area contributed by atoms with Gasteiger partial charge in [-0.25, -0.2) is 0 Å². The maximum atomic E-state index is 11.4. The highest BCUT2D eigenvalue weighted by Crippen LogP contribution is 2.18. The van der Waals surface area contributed by atoms with Crippen LogP contribution in [0.2, 0.25) is 0 Å². The molecule has 1 N–H and O–H groups in total. The molecule has 1 aliphatic rings. The van der Waals surface area contributed by atoms with E-state index in [-0.39, 0.29) is 5.91 Å². The maximum Gasteiger partial charge on any atom is 0.236 e. The van der Waals surface area contributed by atoms with Crippen LogP contribution in [0, 0.1) is 0 Å². The molecule has 0 bridgehead atoms. The van der Waals surface area contributed by atoms with Crippen molar-refractivity contribution in [3.8, 4) is 0 Å². The van der Waals surface area contributed by atoms with Crippen molar-refractivity contribution in [1.82, 2.24) is 10.2 Å². The van der Waals surface area contributed by atoms with Gasteiger partial charge in [0, 0.05) is 19.1 Å². The molecule has 0 heterocycles. The van der Waals surface area contributed by atoms with E-state index in [1.54, 1.807) is 0 Å². The normalized spacial score (nSPS) is 16.2. The summed E-state index contributed by atoms with van der Waals surface area (Å²) in [6.07, 6.45) is 2.48. The Morgan fingerprint density at radius 3 is 2.42 bits per heavy atom. The molecular weight excluding hydrogens is 152 g/mol. The van der Waals surface area contributed by atoms with Gasteiger partial charge in [-0.2, -0.15) is 0 Å². The lowest BCUT2D eigenvalue weighted by molar-refractivity contribution is -0.129. The number of nitrogens with zero attached hydrogens (tertiary/aromatic N) is 1. The van der Waals surface area contributed by atoms with E-state index in [9.17, 15) is 4.79 Å². The molecule has 70 valence electrons. The van der Waals surface area contributed by atoms with Crippen molar-refractivity contribution in [1.29, 1.82) is 0 Å². The zero-order valence-electron chi connectivity index (χ0n) is 7.97. The fraction of sp³-hybridized carbons (Fsp3) is 0.889. The minimum Gasteiger partial charge on any atom is -0.342 e. The topological polar surface area (TPSA) is 32.3 Å². The van der Waals surface area contributed by atoms with Crippen LogP contribution in [-0.4, -0.2) is 36.5 Å². The van der Waals surface area contributed by atoms with E-state index < -0.39 is 0 Å². The molecule has 0 aromatic heterocycles. The molecule has 12 heavy (non-hydrogen) atoms. The van der Waals surface area contributed by atoms with Crippen LogP contribution in [0.4, 0.5) is 0 Å². The SMILES string of the molecule is CCN(CC)C(=O)CNC1CC1. The molecule has 3 heteroatoms. The zero-order chi connectivity index (χ0) is 8.97. The second-order valence-corrected chi connectivity index (χ2v) is 3.22. The highest BCUT2D eigenvalue weighted by atomic mass is 16.2. The van der Waals surface area contributed by atoms with Gasteiger partial charge in [0.2, 0.25) is 5.91 Å². The van der Waals surface area contributed by atoms with Gasteiger partial charge in [0.25, 0.3) is 0 Å². The number of rotatable bonds is 5. The summed E-state index contributed by atoms with van der Waals surface area (Å²) in [6.45, 7) is 6.19. The van der Waals surface area contributed by atoms with Gasteiger partial charge < -0.3 is 10.2 Å². The summed E-state index contributed by atoms with van der Waals surface area (Å²) < 4.78 is 0. The molecule has 0 unspecified atom stereocenters. The molecular formula is C9H18N2O. The van der Waals surface area contributed by atoms with E-state index in [4.69, 9.17) is 0 Å². The molecule has 0 spiro atoms. The van der Waals surface area contributed by atoms with Gasteiger partial charge in [-0.05, 0) is 26.7 Å². The first-order chi connectivity index (χ1) is 5.77. The van der Waals surface area contributed by atoms with E-state index >= 15 is 0 Å². The monoisotopic (exact) mass is 170 g/mol. The minimum absolute atomic E-state index is 0.229. The summed E-state index contributed by atoms with van der Waals surface area (Å²) >= 11 is 0. The standard InChI is InChI=1S/C9H18N2O/c1-3-11(4-2)9(12)7-10-8-5-6-8/h8,10H,3-7H2,1-2H3. The van der Waals surface area contributed by atoms with Crippen molar-refractivity contribution in [3.05, 3.63) is 0 Å². The Labute approximate surface area is 74.1 Å². The summed E-state index contributed by atoms with van der Waals surface area (Å²) in [5.41, 5.74) is 0. The van der Waals surface area contributed by atoms with Crippen molar-refractivity contribution in [2.45, 2.75) is 32.7 Å². The van der Waals surface area contributed by atoms with Gasteiger partial charge in [0.05, 0.1) is 6.54 Å². The summed E-state index contributed by atoms with van der Waals surface area (Å²) in [6, 6.07) is 0.629. The van der Waals surface area contributed by atoms with Crippen LogP contribution in [0.15, 0.2) is 0 Å².